The Bertz CT molecular complexity index is 674. The van der Waals surface area contributed by atoms with E-state index in [0.717, 1.165) is 11.1 Å². The van der Waals surface area contributed by atoms with E-state index in [1.165, 1.54) is 0 Å². The zero-order valence-electron chi connectivity index (χ0n) is 8.79. The number of nitriles is 1. The molecule has 80 valence electrons. The smallest absolute Gasteiger partial charge is 0.227 e. The van der Waals surface area contributed by atoms with Crippen LogP contribution in [0.2, 0.25) is 0 Å². The van der Waals surface area contributed by atoms with Gasteiger partial charge in [0.2, 0.25) is 5.89 Å². The molecular weight excluding hydrogens is 214 g/mol. The quantitative estimate of drug-likeness (QED) is 0.633. The van der Waals surface area contributed by atoms with Crippen molar-refractivity contribution >= 4 is 11.1 Å². The largest absolute Gasteiger partial charge is 0.436 e. The first-order valence-corrected chi connectivity index (χ1v) is 5.08. The molecule has 0 saturated carbocycles. The molecule has 3 aromatic rings. The van der Waals surface area contributed by atoms with E-state index in [1.54, 1.807) is 30.6 Å². The summed E-state index contributed by atoms with van der Waals surface area (Å²) in [4.78, 5) is 8.31. The van der Waals surface area contributed by atoms with Gasteiger partial charge >= 0.3 is 0 Å². The second-order valence-corrected chi connectivity index (χ2v) is 3.55. The first-order valence-electron chi connectivity index (χ1n) is 5.08. The van der Waals surface area contributed by atoms with Crippen LogP contribution >= 0.6 is 0 Å². The van der Waals surface area contributed by atoms with E-state index in [0.29, 0.717) is 17.0 Å². The topological polar surface area (TPSA) is 62.7 Å². The summed E-state index contributed by atoms with van der Waals surface area (Å²) in [5.41, 5.74) is 2.90. The van der Waals surface area contributed by atoms with Crippen LogP contribution in [0.5, 0.6) is 0 Å². The molecule has 0 amide bonds. The maximum absolute atomic E-state index is 8.72. The predicted octanol–water partition coefficient (Wildman–Crippen LogP) is 2.76. The average Bonchev–Trinajstić information content (AvgIpc) is 2.82. The molecule has 0 N–H and O–H groups in total. The lowest BCUT2D eigenvalue weighted by Gasteiger charge is -1.93. The summed E-state index contributed by atoms with van der Waals surface area (Å²) in [5, 5.41) is 8.72. The number of nitrogens with zero attached hydrogens (tertiary/aromatic N) is 3. The van der Waals surface area contributed by atoms with Crippen LogP contribution in [0.25, 0.3) is 22.6 Å². The van der Waals surface area contributed by atoms with E-state index in [-0.39, 0.29) is 0 Å². The second kappa shape index (κ2) is 3.72. The average molecular weight is 221 g/mol. The van der Waals surface area contributed by atoms with Gasteiger partial charge in [-0.25, -0.2) is 4.98 Å². The molecular formula is C13H7N3O. The summed E-state index contributed by atoms with van der Waals surface area (Å²) < 4.78 is 5.59. The summed E-state index contributed by atoms with van der Waals surface area (Å²) in [5.74, 6) is 0.539. The molecule has 0 saturated heterocycles. The van der Waals surface area contributed by atoms with Gasteiger partial charge in [0, 0.05) is 17.8 Å². The van der Waals surface area contributed by atoms with Crippen LogP contribution in [0, 0.1) is 11.3 Å². The Morgan fingerprint density at radius 2 is 1.94 bits per heavy atom. The lowest BCUT2D eigenvalue weighted by molar-refractivity contribution is 0.619. The molecule has 2 aromatic heterocycles. The van der Waals surface area contributed by atoms with Gasteiger partial charge in [-0.15, -0.1) is 0 Å². The molecule has 0 unspecified atom stereocenters. The molecule has 2 heterocycles. The molecule has 0 fully saturated rings. The number of oxazole rings is 1. The Labute approximate surface area is 97.2 Å². The Balaban J connectivity index is 2.11. The van der Waals surface area contributed by atoms with E-state index in [1.807, 2.05) is 12.1 Å². The van der Waals surface area contributed by atoms with Crippen molar-refractivity contribution < 1.29 is 4.42 Å². The van der Waals surface area contributed by atoms with E-state index < -0.39 is 0 Å². The van der Waals surface area contributed by atoms with Crippen molar-refractivity contribution in [1.29, 1.82) is 5.26 Å². The fraction of sp³-hybridized carbons (Fsp3) is 0. The zero-order valence-corrected chi connectivity index (χ0v) is 8.79. The number of rotatable bonds is 1. The summed E-state index contributed by atoms with van der Waals surface area (Å²) in [7, 11) is 0. The Hall–Kier alpha value is -2.67. The van der Waals surface area contributed by atoms with Gasteiger partial charge in [0.05, 0.1) is 17.8 Å². The number of hydrogen-bond acceptors (Lipinski definition) is 4. The fourth-order valence-electron chi connectivity index (χ4n) is 1.59. The van der Waals surface area contributed by atoms with Gasteiger partial charge in [0.15, 0.2) is 5.58 Å². The molecule has 0 spiro atoms. The summed E-state index contributed by atoms with van der Waals surface area (Å²) >= 11 is 0. The van der Waals surface area contributed by atoms with Gasteiger partial charge < -0.3 is 4.42 Å². The fourth-order valence-corrected chi connectivity index (χ4v) is 1.59. The molecule has 0 aliphatic carbocycles. The highest BCUT2D eigenvalue weighted by Gasteiger charge is 2.07. The second-order valence-electron chi connectivity index (χ2n) is 3.55. The summed E-state index contributed by atoms with van der Waals surface area (Å²) in [6.07, 6.45) is 3.32. The number of fused-ring (bicyclic) bond motifs is 1. The molecule has 0 aliphatic heterocycles. The highest BCUT2D eigenvalue weighted by Crippen LogP contribution is 2.23. The van der Waals surface area contributed by atoms with Crippen molar-refractivity contribution in [3.8, 4) is 17.5 Å². The number of benzene rings is 1. The van der Waals surface area contributed by atoms with Gasteiger partial charge in [-0.3, -0.25) is 4.98 Å². The highest BCUT2D eigenvalue weighted by atomic mass is 16.3. The van der Waals surface area contributed by atoms with E-state index >= 15 is 0 Å². The molecule has 4 heteroatoms. The monoisotopic (exact) mass is 221 g/mol. The van der Waals surface area contributed by atoms with Crippen molar-refractivity contribution in [2.45, 2.75) is 0 Å². The van der Waals surface area contributed by atoms with Crippen LogP contribution in [0.1, 0.15) is 5.56 Å². The van der Waals surface area contributed by atoms with Gasteiger partial charge in [0.1, 0.15) is 5.52 Å². The van der Waals surface area contributed by atoms with Crippen LogP contribution < -0.4 is 0 Å². The Kier molecular flexibility index (Phi) is 2.09. The predicted molar refractivity (Wildman–Crippen MR) is 62.0 cm³/mol. The molecule has 0 radical (unpaired) electrons. The van der Waals surface area contributed by atoms with Crippen LogP contribution in [0.3, 0.4) is 0 Å². The van der Waals surface area contributed by atoms with Gasteiger partial charge in [-0.1, -0.05) is 0 Å². The summed E-state index contributed by atoms with van der Waals surface area (Å²) in [6, 6.07) is 11.0. The standard InChI is InChI=1S/C13H7N3O/c14-7-9-1-3-10(4-2-9)13-16-11-8-15-6-5-12(11)17-13/h1-6,8H. The van der Waals surface area contributed by atoms with Gasteiger partial charge in [-0.05, 0) is 24.3 Å². The zero-order chi connectivity index (χ0) is 11.7. The van der Waals surface area contributed by atoms with Crippen molar-refractivity contribution in [1.82, 2.24) is 9.97 Å². The first kappa shape index (κ1) is 9.55. The van der Waals surface area contributed by atoms with E-state index in [4.69, 9.17) is 9.68 Å². The van der Waals surface area contributed by atoms with Crippen LogP contribution in [-0.4, -0.2) is 9.97 Å². The number of pyridine rings is 1. The van der Waals surface area contributed by atoms with Crippen molar-refractivity contribution in [3.05, 3.63) is 48.3 Å². The minimum Gasteiger partial charge on any atom is -0.436 e. The lowest BCUT2D eigenvalue weighted by atomic mass is 10.1. The van der Waals surface area contributed by atoms with Crippen LogP contribution in [0.15, 0.2) is 47.1 Å². The first-order chi connectivity index (χ1) is 8.36. The van der Waals surface area contributed by atoms with Crippen molar-refractivity contribution in [2.24, 2.45) is 0 Å². The molecule has 0 bridgehead atoms. The van der Waals surface area contributed by atoms with Crippen LogP contribution in [-0.2, 0) is 0 Å². The third-order valence-electron chi connectivity index (χ3n) is 2.45. The summed E-state index contributed by atoms with van der Waals surface area (Å²) in [6.45, 7) is 0. The number of aromatic nitrogens is 2. The van der Waals surface area contributed by atoms with Gasteiger partial charge in [-0.2, -0.15) is 5.26 Å². The van der Waals surface area contributed by atoms with E-state index in [2.05, 4.69) is 16.0 Å². The molecule has 3 rings (SSSR count). The lowest BCUT2D eigenvalue weighted by Crippen LogP contribution is -1.78. The highest BCUT2D eigenvalue weighted by molar-refractivity contribution is 5.74. The van der Waals surface area contributed by atoms with Crippen LogP contribution in [0.4, 0.5) is 0 Å². The molecule has 0 aliphatic rings. The molecule has 17 heavy (non-hydrogen) atoms. The van der Waals surface area contributed by atoms with Crippen molar-refractivity contribution in [2.75, 3.05) is 0 Å². The maximum atomic E-state index is 8.72. The van der Waals surface area contributed by atoms with E-state index in [9.17, 15) is 0 Å². The Morgan fingerprint density at radius 3 is 2.65 bits per heavy atom. The third-order valence-corrected chi connectivity index (χ3v) is 2.45. The Morgan fingerprint density at radius 1 is 1.12 bits per heavy atom. The molecule has 1 aromatic carbocycles. The molecule has 0 atom stereocenters. The normalized spacial score (nSPS) is 10.3. The number of hydrogen-bond donors (Lipinski definition) is 0. The molecule has 4 nitrogen and oxygen atoms in total. The van der Waals surface area contributed by atoms with Crippen molar-refractivity contribution in [3.63, 3.8) is 0 Å². The third kappa shape index (κ3) is 1.64. The minimum absolute atomic E-state index is 0.539. The minimum atomic E-state index is 0.539. The SMILES string of the molecule is N#Cc1ccc(-c2nc3cnccc3o2)cc1. The maximum Gasteiger partial charge on any atom is 0.227 e. The van der Waals surface area contributed by atoms with Gasteiger partial charge in [0.25, 0.3) is 0 Å².